The molecule has 0 atom stereocenters. The van der Waals surface area contributed by atoms with Gasteiger partial charge in [-0.05, 0) is 80.0 Å². The number of hydrogen-bond acceptors (Lipinski definition) is 4. The van der Waals surface area contributed by atoms with Gasteiger partial charge in [-0.1, -0.05) is 57.9 Å². The largest absolute Gasteiger partial charge is 0.378 e. The monoisotopic (exact) mass is 519 g/mol. The summed E-state index contributed by atoms with van der Waals surface area (Å²) < 4.78 is 5.51. The number of ether oxygens (including phenoxy) is 1. The van der Waals surface area contributed by atoms with E-state index in [0.29, 0.717) is 6.54 Å². The first-order valence-electron chi connectivity index (χ1n) is 15.1. The summed E-state index contributed by atoms with van der Waals surface area (Å²) in [6.07, 6.45) is 8.13. The van der Waals surface area contributed by atoms with Crippen molar-refractivity contribution < 1.29 is 9.53 Å². The van der Waals surface area contributed by atoms with E-state index in [1.165, 1.54) is 49.0 Å². The highest BCUT2D eigenvalue weighted by molar-refractivity contribution is 5.94. The number of carbonyl (C=O) groups excluding carboxylic acids is 1. The van der Waals surface area contributed by atoms with E-state index in [2.05, 4.69) is 84.0 Å². The second-order valence-corrected chi connectivity index (χ2v) is 11.6. The van der Waals surface area contributed by atoms with E-state index in [1.807, 2.05) is 0 Å². The molecule has 5 heteroatoms. The van der Waals surface area contributed by atoms with Crippen LogP contribution in [0.2, 0.25) is 0 Å². The van der Waals surface area contributed by atoms with Crippen LogP contribution in [0.3, 0.4) is 0 Å². The molecule has 38 heavy (non-hydrogen) atoms. The Hall–Kier alpha value is -2.37. The Kier molecular flexibility index (Phi) is 11.1. The van der Waals surface area contributed by atoms with Gasteiger partial charge in [0.2, 0.25) is 0 Å². The van der Waals surface area contributed by atoms with Gasteiger partial charge in [0.1, 0.15) is 0 Å². The predicted molar refractivity (Wildman–Crippen MR) is 158 cm³/mol. The zero-order chi connectivity index (χ0) is 26.7. The molecule has 2 saturated heterocycles. The van der Waals surface area contributed by atoms with Crippen molar-refractivity contribution in [3.05, 3.63) is 65.2 Å². The maximum absolute atomic E-state index is 13.9. The number of rotatable bonds is 12. The van der Waals surface area contributed by atoms with Crippen LogP contribution in [-0.4, -0.2) is 67.7 Å². The Bertz CT molecular complexity index is 959. The molecule has 0 aliphatic carbocycles. The number of morpholine rings is 1. The molecule has 2 heterocycles. The van der Waals surface area contributed by atoms with Gasteiger partial charge >= 0.3 is 0 Å². The molecular formula is C33H49N3O2. The second kappa shape index (κ2) is 14.7. The quantitative estimate of drug-likeness (QED) is 0.304. The summed E-state index contributed by atoms with van der Waals surface area (Å²) in [5.74, 6) is 0.902. The molecule has 0 aromatic heterocycles. The molecule has 2 fully saturated rings. The average Bonchev–Trinajstić information content (AvgIpc) is 2.96. The molecule has 2 aliphatic rings. The molecule has 208 valence electrons. The number of likely N-dealkylation sites (tertiary alicyclic amines) is 1. The summed E-state index contributed by atoms with van der Waals surface area (Å²) in [5, 5.41) is 0. The number of nitrogens with zero attached hydrogens (tertiary/aromatic N) is 3. The first kappa shape index (κ1) is 28.6. The van der Waals surface area contributed by atoms with Gasteiger partial charge < -0.3 is 19.4 Å². The number of amides is 1. The molecule has 0 saturated carbocycles. The standard InChI is InChI=1S/C33H49N3O2/c1-4-5-6-7-28-8-12-30(13-9-28)33(37)36(32-17-20-34(21-18-32)19-16-27(2)3)26-29-10-14-31(15-11-29)35-22-24-38-25-23-35/h8-15,27,32H,4-7,16-26H2,1-3H3. The topological polar surface area (TPSA) is 36.0 Å². The third-order valence-electron chi connectivity index (χ3n) is 8.22. The predicted octanol–water partition coefficient (Wildman–Crippen LogP) is 6.41. The first-order chi connectivity index (χ1) is 18.5. The van der Waals surface area contributed by atoms with Crippen LogP contribution >= 0.6 is 0 Å². The fourth-order valence-electron chi connectivity index (χ4n) is 5.65. The minimum Gasteiger partial charge on any atom is -0.378 e. The van der Waals surface area contributed by atoms with Crippen LogP contribution in [0.15, 0.2) is 48.5 Å². The molecule has 0 spiro atoms. The molecule has 0 radical (unpaired) electrons. The minimum absolute atomic E-state index is 0.169. The molecule has 1 amide bonds. The number of unbranched alkanes of at least 4 members (excludes halogenated alkanes) is 2. The highest BCUT2D eigenvalue weighted by Crippen LogP contribution is 2.24. The Labute approximate surface area is 231 Å². The number of aryl methyl sites for hydroxylation is 1. The Morgan fingerprint density at radius 1 is 0.921 bits per heavy atom. The average molecular weight is 520 g/mol. The van der Waals surface area contributed by atoms with E-state index >= 15 is 0 Å². The number of carbonyl (C=O) groups is 1. The van der Waals surface area contributed by atoms with Crippen LogP contribution < -0.4 is 4.90 Å². The molecule has 0 N–H and O–H groups in total. The lowest BCUT2D eigenvalue weighted by Crippen LogP contribution is -2.47. The van der Waals surface area contributed by atoms with Crippen LogP contribution in [0.25, 0.3) is 0 Å². The molecule has 2 aliphatic heterocycles. The highest BCUT2D eigenvalue weighted by atomic mass is 16.5. The van der Waals surface area contributed by atoms with E-state index in [4.69, 9.17) is 4.74 Å². The summed E-state index contributed by atoms with van der Waals surface area (Å²) in [7, 11) is 0. The van der Waals surface area contributed by atoms with Crippen molar-refractivity contribution >= 4 is 11.6 Å². The van der Waals surface area contributed by atoms with E-state index in [9.17, 15) is 4.79 Å². The van der Waals surface area contributed by atoms with Crippen molar-refractivity contribution in [2.75, 3.05) is 50.8 Å². The van der Waals surface area contributed by atoms with E-state index in [1.54, 1.807) is 0 Å². The van der Waals surface area contributed by atoms with Crippen molar-refractivity contribution in [2.24, 2.45) is 5.92 Å². The minimum atomic E-state index is 0.169. The number of benzene rings is 2. The zero-order valence-electron chi connectivity index (χ0n) is 24.0. The molecule has 4 rings (SSSR count). The Balaban J connectivity index is 1.45. The third-order valence-corrected chi connectivity index (χ3v) is 8.22. The SMILES string of the molecule is CCCCCc1ccc(C(=O)N(Cc2ccc(N3CCOCC3)cc2)C2CCN(CCC(C)C)CC2)cc1. The Morgan fingerprint density at radius 2 is 1.58 bits per heavy atom. The fraction of sp³-hybridized carbons (Fsp3) is 0.606. The van der Waals surface area contributed by atoms with E-state index in [-0.39, 0.29) is 11.9 Å². The van der Waals surface area contributed by atoms with Gasteiger partial charge in [-0.15, -0.1) is 0 Å². The summed E-state index contributed by atoms with van der Waals surface area (Å²) in [6, 6.07) is 17.5. The molecule has 2 aromatic rings. The van der Waals surface area contributed by atoms with Crippen molar-refractivity contribution in [1.82, 2.24) is 9.80 Å². The van der Waals surface area contributed by atoms with Gasteiger partial charge in [0.15, 0.2) is 0 Å². The molecule has 0 unspecified atom stereocenters. The molecule has 0 bridgehead atoms. The fourth-order valence-corrected chi connectivity index (χ4v) is 5.65. The van der Waals surface area contributed by atoms with Gasteiger partial charge in [-0.25, -0.2) is 0 Å². The van der Waals surface area contributed by atoms with Gasteiger partial charge in [-0.3, -0.25) is 4.79 Å². The number of hydrogen-bond donors (Lipinski definition) is 0. The second-order valence-electron chi connectivity index (χ2n) is 11.6. The van der Waals surface area contributed by atoms with Crippen molar-refractivity contribution in [2.45, 2.75) is 78.3 Å². The van der Waals surface area contributed by atoms with E-state index < -0.39 is 0 Å². The van der Waals surface area contributed by atoms with E-state index in [0.717, 1.165) is 70.1 Å². The first-order valence-corrected chi connectivity index (χ1v) is 15.1. The van der Waals surface area contributed by atoms with Crippen LogP contribution in [0, 0.1) is 5.92 Å². The zero-order valence-corrected chi connectivity index (χ0v) is 24.0. The van der Waals surface area contributed by atoms with Crippen molar-refractivity contribution in [3.8, 4) is 0 Å². The van der Waals surface area contributed by atoms with Crippen molar-refractivity contribution in [3.63, 3.8) is 0 Å². The van der Waals surface area contributed by atoms with Crippen LogP contribution in [0.1, 0.15) is 80.8 Å². The van der Waals surface area contributed by atoms with Gasteiger partial charge in [0, 0.05) is 50.0 Å². The third kappa shape index (κ3) is 8.31. The van der Waals surface area contributed by atoms with Crippen molar-refractivity contribution in [1.29, 1.82) is 0 Å². The lowest BCUT2D eigenvalue weighted by atomic mass is 9.99. The van der Waals surface area contributed by atoms with Gasteiger partial charge in [0.25, 0.3) is 5.91 Å². The molecule has 5 nitrogen and oxygen atoms in total. The number of piperidine rings is 1. The van der Waals surface area contributed by atoms with Gasteiger partial charge in [0.05, 0.1) is 13.2 Å². The summed E-state index contributed by atoms with van der Waals surface area (Å²) in [5.41, 5.74) is 4.59. The maximum Gasteiger partial charge on any atom is 0.254 e. The van der Waals surface area contributed by atoms with Crippen LogP contribution in [0.4, 0.5) is 5.69 Å². The lowest BCUT2D eigenvalue weighted by Gasteiger charge is -2.39. The molecule has 2 aromatic carbocycles. The summed E-state index contributed by atoms with van der Waals surface area (Å²) in [4.78, 5) is 21.0. The molecular weight excluding hydrogens is 470 g/mol. The lowest BCUT2D eigenvalue weighted by molar-refractivity contribution is 0.0546. The summed E-state index contributed by atoms with van der Waals surface area (Å²) >= 11 is 0. The smallest absolute Gasteiger partial charge is 0.254 e. The maximum atomic E-state index is 13.9. The van der Waals surface area contributed by atoms with Crippen LogP contribution in [-0.2, 0) is 17.7 Å². The normalized spacial score (nSPS) is 17.2. The summed E-state index contributed by atoms with van der Waals surface area (Å²) in [6.45, 7) is 14.3. The highest BCUT2D eigenvalue weighted by Gasteiger charge is 2.29. The Morgan fingerprint density at radius 3 is 2.21 bits per heavy atom. The van der Waals surface area contributed by atoms with Gasteiger partial charge in [-0.2, -0.15) is 0 Å². The van der Waals surface area contributed by atoms with Crippen LogP contribution in [0.5, 0.6) is 0 Å². The number of anilines is 1.